The number of thiophene rings is 1. The van der Waals surface area contributed by atoms with Crippen LogP contribution in [0.15, 0.2) is 23.6 Å². The highest BCUT2D eigenvalue weighted by molar-refractivity contribution is 7.10. The van der Waals surface area contributed by atoms with Crippen molar-refractivity contribution in [2.24, 2.45) is 0 Å². The molecule has 0 saturated carbocycles. The number of carboxylic acid groups (broad SMARTS) is 1. The van der Waals surface area contributed by atoms with Crippen LogP contribution < -0.4 is 5.32 Å². The van der Waals surface area contributed by atoms with Gasteiger partial charge in [-0.2, -0.15) is 10.2 Å². The minimum atomic E-state index is -1.10. The Hall–Kier alpha value is -2.28. The third-order valence-electron chi connectivity index (χ3n) is 2.70. The molecule has 1 amide bonds. The summed E-state index contributed by atoms with van der Waals surface area (Å²) in [7, 11) is 0. The van der Waals surface area contributed by atoms with Gasteiger partial charge in [0.2, 0.25) is 0 Å². The summed E-state index contributed by atoms with van der Waals surface area (Å²) in [4.78, 5) is 24.0. The first kappa shape index (κ1) is 14.1. The average Bonchev–Trinajstić information content (AvgIpc) is 2.91. The van der Waals surface area contributed by atoms with Gasteiger partial charge in [-0.3, -0.25) is 4.79 Å². The second-order valence-electron chi connectivity index (χ2n) is 4.24. The number of nitrogens with zero attached hydrogens (tertiary/aromatic N) is 2. The van der Waals surface area contributed by atoms with Gasteiger partial charge in [0.15, 0.2) is 6.04 Å². The first-order valence-electron chi connectivity index (χ1n) is 5.87. The predicted molar refractivity (Wildman–Crippen MR) is 73.7 cm³/mol. The smallest absolute Gasteiger partial charge is 0.331 e. The van der Waals surface area contributed by atoms with Crippen LogP contribution in [0.4, 0.5) is 0 Å². The normalized spacial score (nSPS) is 11.9. The molecule has 7 heteroatoms. The highest BCUT2D eigenvalue weighted by Crippen LogP contribution is 2.20. The lowest BCUT2D eigenvalue weighted by atomic mass is 10.1. The number of aromatic nitrogens is 2. The fraction of sp³-hybridized carbons (Fsp3) is 0.231. The van der Waals surface area contributed by atoms with Crippen molar-refractivity contribution in [3.63, 3.8) is 0 Å². The molecule has 0 aromatic carbocycles. The van der Waals surface area contributed by atoms with Gasteiger partial charge in [-0.15, -0.1) is 11.3 Å². The molecular weight excluding hydrogens is 278 g/mol. The predicted octanol–water partition coefficient (Wildman–Crippen LogP) is 1.71. The third kappa shape index (κ3) is 3.00. The Labute approximate surface area is 119 Å². The second kappa shape index (κ2) is 5.79. The van der Waals surface area contributed by atoms with E-state index in [4.69, 9.17) is 0 Å². The van der Waals surface area contributed by atoms with Crippen LogP contribution in [0.2, 0.25) is 0 Å². The monoisotopic (exact) mass is 291 g/mol. The molecular formula is C13H13N3O3S. The minimum absolute atomic E-state index is 0.334. The summed E-state index contributed by atoms with van der Waals surface area (Å²) in [5, 5.41) is 21.2. The zero-order valence-electron chi connectivity index (χ0n) is 11.0. The van der Waals surface area contributed by atoms with Crippen molar-refractivity contribution in [2.45, 2.75) is 19.9 Å². The maximum atomic E-state index is 12.2. The molecule has 0 saturated heterocycles. The van der Waals surface area contributed by atoms with Gasteiger partial charge in [0.25, 0.3) is 5.91 Å². The largest absolute Gasteiger partial charge is 0.479 e. The van der Waals surface area contributed by atoms with Gasteiger partial charge in [0.1, 0.15) is 0 Å². The van der Waals surface area contributed by atoms with E-state index in [1.807, 2.05) is 0 Å². The minimum Gasteiger partial charge on any atom is -0.479 e. The lowest BCUT2D eigenvalue weighted by Gasteiger charge is -2.13. The molecule has 0 aliphatic heterocycles. The van der Waals surface area contributed by atoms with Gasteiger partial charge in [0.05, 0.1) is 17.0 Å². The maximum absolute atomic E-state index is 12.2. The lowest BCUT2D eigenvalue weighted by Crippen LogP contribution is -2.33. The summed E-state index contributed by atoms with van der Waals surface area (Å²) in [6.45, 7) is 3.37. The van der Waals surface area contributed by atoms with Crippen molar-refractivity contribution in [1.82, 2.24) is 15.5 Å². The first-order valence-corrected chi connectivity index (χ1v) is 6.75. The van der Waals surface area contributed by atoms with E-state index in [1.54, 1.807) is 37.4 Å². The molecule has 0 aliphatic carbocycles. The summed E-state index contributed by atoms with van der Waals surface area (Å²) in [6.07, 6.45) is 0. The molecule has 0 radical (unpaired) electrons. The maximum Gasteiger partial charge on any atom is 0.331 e. The topological polar surface area (TPSA) is 92.2 Å². The number of hydrogen-bond acceptors (Lipinski definition) is 5. The molecule has 0 fully saturated rings. The van der Waals surface area contributed by atoms with Crippen LogP contribution in [0.3, 0.4) is 0 Å². The molecule has 20 heavy (non-hydrogen) atoms. The van der Waals surface area contributed by atoms with Crippen molar-refractivity contribution < 1.29 is 14.7 Å². The Morgan fingerprint density at radius 3 is 2.70 bits per heavy atom. The zero-order valence-corrected chi connectivity index (χ0v) is 11.8. The SMILES string of the molecule is Cc1cc(C(=O)NC(C(=O)O)c2cccs2)c(C)nn1. The van der Waals surface area contributed by atoms with E-state index in [-0.39, 0.29) is 0 Å². The van der Waals surface area contributed by atoms with Crippen molar-refractivity contribution in [1.29, 1.82) is 0 Å². The number of hydrogen-bond donors (Lipinski definition) is 2. The number of aliphatic carboxylic acids is 1. The summed E-state index contributed by atoms with van der Waals surface area (Å²) >= 11 is 1.28. The van der Waals surface area contributed by atoms with Gasteiger partial charge >= 0.3 is 5.97 Å². The van der Waals surface area contributed by atoms with Crippen LogP contribution in [0.25, 0.3) is 0 Å². The molecule has 1 unspecified atom stereocenters. The number of carbonyl (C=O) groups excluding carboxylic acids is 1. The molecule has 104 valence electrons. The highest BCUT2D eigenvalue weighted by Gasteiger charge is 2.24. The van der Waals surface area contributed by atoms with Crippen molar-refractivity contribution in [3.8, 4) is 0 Å². The highest BCUT2D eigenvalue weighted by atomic mass is 32.1. The Bertz CT molecular complexity index is 640. The Morgan fingerprint density at radius 2 is 2.10 bits per heavy atom. The van der Waals surface area contributed by atoms with Crippen LogP contribution in [0.5, 0.6) is 0 Å². The van der Waals surface area contributed by atoms with Crippen LogP contribution in [0, 0.1) is 13.8 Å². The standard InChI is InChI=1S/C13H13N3O3S/c1-7-6-9(8(2)16-15-7)12(17)14-11(13(18)19)10-4-3-5-20-10/h3-6,11H,1-2H3,(H,14,17)(H,18,19). The number of carboxylic acids is 1. The number of nitrogens with one attached hydrogen (secondary N) is 1. The molecule has 0 bridgehead atoms. The Kier molecular flexibility index (Phi) is 4.09. The molecule has 0 aliphatic rings. The third-order valence-corrected chi connectivity index (χ3v) is 3.63. The quantitative estimate of drug-likeness (QED) is 0.894. The van der Waals surface area contributed by atoms with E-state index in [9.17, 15) is 14.7 Å². The lowest BCUT2D eigenvalue weighted by molar-refractivity contribution is -0.139. The van der Waals surface area contributed by atoms with Crippen molar-refractivity contribution in [2.75, 3.05) is 0 Å². The van der Waals surface area contributed by atoms with E-state index in [2.05, 4.69) is 15.5 Å². The first-order chi connectivity index (χ1) is 9.49. The zero-order chi connectivity index (χ0) is 14.7. The second-order valence-corrected chi connectivity index (χ2v) is 5.22. The molecule has 0 spiro atoms. The summed E-state index contributed by atoms with van der Waals surface area (Å²) in [5.74, 6) is -1.57. The van der Waals surface area contributed by atoms with Crippen LogP contribution in [0.1, 0.15) is 32.7 Å². The Morgan fingerprint density at radius 1 is 1.35 bits per heavy atom. The van der Waals surface area contributed by atoms with Gasteiger partial charge < -0.3 is 10.4 Å². The van der Waals surface area contributed by atoms with E-state index in [0.29, 0.717) is 21.8 Å². The molecule has 2 N–H and O–H groups in total. The van der Waals surface area contributed by atoms with E-state index >= 15 is 0 Å². The molecule has 1 atom stereocenters. The van der Waals surface area contributed by atoms with Gasteiger partial charge in [-0.05, 0) is 31.4 Å². The summed E-state index contributed by atoms with van der Waals surface area (Å²) in [6, 6.07) is 3.94. The van der Waals surface area contributed by atoms with E-state index in [1.165, 1.54) is 11.3 Å². The van der Waals surface area contributed by atoms with Crippen LogP contribution in [-0.2, 0) is 4.79 Å². The fourth-order valence-corrected chi connectivity index (χ4v) is 2.47. The number of rotatable bonds is 4. The van der Waals surface area contributed by atoms with Crippen molar-refractivity contribution in [3.05, 3.63) is 45.4 Å². The summed E-state index contributed by atoms with van der Waals surface area (Å²) < 4.78 is 0. The molecule has 2 heterocycles. The number of amides is 1. The van der Waals surface area contributed by atoms with Gasteiger partial charge in [-0.1, -0.05) is 6.07 Å². The van der Waals surface area contributed by atoms with Gasteiger partial charge in [0, 0.05) is 4.88 Å². The Balaban J connectivity index is 2.25. The molecule has 2 rings (SSSR count). The molecule has 2 aromatic heterocycles. The molecule has 6 nitrogen and oxygen atoms in total. The van der Waals surface area contributed by atoms with Crippen LogP contribution in [-0.4, -0.2) is 27.2 Å². The van der Waals surface area contributed by atoms with Crippen molar-refractivity contribution >= 4 is 23.2 Å². The number of carbonyl (C=O) groups is 2. The van der Waals surface area contributed by atoms with E-state index < -0.39 is 17.9 Å². The van der Waals surface area contributed by atoms with Gasteiger partial charge in [-0.25, -0.2) is 4.79 Å². The number of aryl methyl sites for hydroxylation is 2. The average molecular weight is 291 g/mol. The van der Waals surface area contributed by atoms with E-state index in [0.717, 1.165) is 0 Å². The molecule has 2 aromatic rings. The van der Waals surface area contributed by atoms with Crippen LogP contribution >= 0.6 is 11.3 Å². The summed E-state index contributed by atoms with van der Waals surface area (Å²) in [5.41, 5.74) is 1.40. The fourth-order valence-electron chi connectivity index (χ4n) is 1.70.